The molecule has 3 heteroatoms. The van der Waals surface area contributed by atoms with Gasteiger partial charge in [-0.2, -0.15) is 0 Å². The van der Waals surface area contributed by atoms with Crippen LogP contribution < -0.4 is 10.2 Å². The number of ether oxygens (including phenoxy) is 1. The Morgan fingerprint density at radius 1 is 0.607 bits per heavy atom. The topological polar surface area (TPSA) is 29.5 Å². The highest BCUT2D eigenvalue weighted by Gasteiger charge is 2.51. The molecule has 1 heterocycles. The SMILES string of the molecule is OBc1cccc2c1-c1ccccc1C21c2ccccc2Oc2ccccc21. The van der Waals surface area contributed by atoms with Crippen LogP contribution in [-0.4, -0.2) is 12.5 Å². The van der Waals surface area contributed by atoms with E-state index in [2.05, 4.69) is 60.7 Å². The molecule has 0 atom stereocenters. The average Bonchev–Trinajstić information content (AvgIpc) is 3.06. The molecule has 0 saturated carbocycles. The fourth-order valence-corrected chi connectivity index (χ4v) is 5.11. The smallest absolute Gasteiger partial charge is 0.305 e. The van der Waals surface area contributed by atoms with Crippen LogP contribution in [0, 0.1) is 0 Å². The molecule has 4 aromatic rings. The third kappa shape index (κ3) is 1.77. The maximum Gasteiger partial charge on any atom is 0.305 e. The van der Waals surface area contributed by atoms with Gasteiger partial charge in [-0.15, -0.1) is 0 Å². The first-order valence-electron chi connectivity index (χ1n) is 9.55. The Balaban J connectivity index is 1.86. The molecule has 1 spiro atoms. The second-order valence-electron chi connectivity index (χ2n) is 7.39. The van der Waals surface area contributed by atoms with Gasteiger partial charge in [0.15, 0.2) is 0 Å². The number of hydrogen-bond acceptors (Lipinski definition) is 2. The molecule has 132 valence electrons. The Bertz CT molecular complexity index is 1200. The van der Waals surface area contributed by atoms with Crippen LogP contribution in [0.2, 0.25) is 0 Å². The van der Waals surface area contributed by atoms with Gasteiger partial charge in [-0.1, -0.05) is 78.9 Å². The van der Waals surface area contributed by atoms with Crippen LogP contribution in [0.1, 0.15) is 22.3 Å². The molecule has 4 aromatic carbocycles. The quantitative estimate of drug-likeness (QED) is 0.447. The number of benzene rings is 4. The summed E-state index contributed by atoms with van der Waals surface area (Å²) in [6.07, 6.45) is 0. The molecule has 6 rings (SSSR count). The summed E-state index contributed by atoms with van der Waals surface area (Å²) in [7, 11) is 0.0212. The molecule has 0 unspecified atom stereocenters. The van der Waals surface area contributed by atoms with E-state index >= 15 is 0 Å². The van der Waals surface area contributed by atoms with Crippen molar-refractivity contribution in [3.63, 3.8) is 0 Å². The molecule has 0 bridgehead atoms. The maximum absolute atomic E-state index is 10.1. The molecule has 0 fully saturated rings. The molecule has 1 aliphatic carbocycles. The zero-order valence-corrected chi connectivity index (χ0v) is 15.2. The summed E-state index contributed by atoms with van der Waals surface area (Å²) in [5.74, 6) is 1.77. The average molecular weight is 360 g/mol. The van der Waals surface area contributed by atoms with E-state index in [0.717, 1.165) is 33.7 Å². The monoisotopic (exact) mass is 360 g/mol. The second-order valence-corrected chi connectivity index (χ2v) is 7.39. The van der Waals surface area contributed by atoms with Crippen molar-refractivity contribution in [2.75, 3.05) is 0 Å². The van der Waals surface area contributed by atoms with E-state index in [-0.39, 0.29) is 7.48 Å². The molecule has 0 radical (unpaired) electrons. The predicted molar refractivity (Wildman–Crippen MR) is 113 cm³/mol. The number of fused-ring (bicyclic) bond motifs is 9. The van der Waals surface area contributed by atoms with Crippen molar-refractivity contribution in [2.24, 2.45) is 0 Å². The van der Waals surface area contributed by atoms with Crippen molar-refractivity contribution >= 4 is 12.9 Å². The number of rotatable bonds is 1. The lowest BCUT2D eigenvalue weighted by atomic mass is 9.65. The summed E-state index contributed by atoms with van der Waals surface area (Å²) < 4.78 is 6.30. The third-order valence-electron chi connectivity index (χ3n) is 6.13. The van der Waals surface area contributed by atoms with Crippen LogP contribution in [0.5, 0.6) is 11.5 Å². The van der Waals surface area contributed by atoms with Crippen molar-refractivity contribution in [3.8, 4) is 22.6 Å². The highest BCUT2D eigenvalue weighted by Crippen LogP contribution is 2.61. The van der Waals surface area contributed by atoms with Gasteiger partial charge < -0.3 is 9.76 Å². The Hall–Kier alpha value is -3.30. The minimum absolute atomic E-state index is 0.0212. The molecule has 1 aliphatic heterocycles. The fraction of sp³-hybridized carbons (Fsp3) is 0.0400. The van der Waals surface area contributed by atoms with Crippen LogP contribution in [0.15, 0.2) is 91.0 Å². The summed E-state index contributed by atoms with van der Waals surface area (Å²) >= 11 is 0. The number of hydrogen-bond donors (Lipinski definition) is 1. The first-order chi connectivity index (χ1) is 13.9. The highest BCUT2D eigenvalue weighted by molar-refractivity contribution is 6.48. The lowest BCUT2D eigenvalue weighted by Crippen LogP contribution is -2.32. The summed E-state index contributed by atoms with van der Waals surface area (Å²) in [6.45, 7) is 0. The lowest BCUT2D eigenvalue weighted by Gasteiger charge is -2.39. The summed E-state index contributed by atoms with van der Waals surface area (Å²) in [6, 6.07) is 31.5. The minimum atomic E-state index is -0.442. The van der Waals surface area contributed by atoms with E-state index in [4.69, 9.17) is 4.74 Å². The van der Waals surface area contributed by atoms with E-state index in [1.54, 1.807) is 0 Å². The van der Waals surface area contributed by atoms with Gasteiger partial charge in [-0.3, -0.25) is 0 Å². The van der Waals surface area contributed by atoms with Gasteiger partial charge >= 0.3 is 7.48 Å². The van der Waals surface area contributed by atoms with Gasteiger partial charge in [0, 0.05) is 11.1 Å². The molecule has 28 heavy (non-hydrogen) atoms. The van der Waals surface area contributed by atoms with Gasteiger partial charge in [0.05, 0.1) is 5.41 Å². The van der Waals surface area contributed by atoms with Crippen LogP contribution >= 0.6 is 0 Å². The fourth-order valence-electron chi connectivity index (χ4n) is 5.11. The standard InChI is InChI=1S/C25H17BO2/c27-26-21-13-7-12-20-24(21)16-8-1-2-9-17(16)25(20)18-10-3-5-14-22(18)28-23-15-6-4-11-19(23)25/h1-15,26-27H. The van der Waals surface area contributed by atoms with E-state index in [1.807, 2.05) is 30.3 Å². The van der Waals surface area contributed by atoms with Gasteiger partial charge in [-0.05, 0) is 39.8 Å². The Kier molecular flexibility index (Phi) is 3.15. The maximum atomic E-state index is 10.1. The molecule has 0 amide bonds. The normalized spacial score (nSPS) is 14.5. The van der Waals surface area contributed by atoms with Gasteiger partial charge in [0.2, 0.25) is 0 Å². The molecular formula is C25H17BO2. The van der Waals surface area contributed by atoms with Crippen LogP contribution in [0.4, 0.5) is 0 Å². The van der Waals surface area contributed by atoms with Gasteiger partial charge in [-0.25, -0.2) is 0 Å². The van der Waals surface area contributed by atoms with Crippen molar-refractivity contribution in [1.82, 2.24) is 0 Å². The zero-order chi connectivity index (χ0) is 18.7. The molecule has 2 aliphatic rings. The predicted octanol–water partition coefficient (Wildman–Crippen LogP) is 4.12. The second kappa shape index (κ2) is 5.60. The van der Waals surface area contributed by atoms with Crippen molar-refractivity contribution in [3.05, 3.63) is 113 Å². The molecule has 0 aromatic heterocycles. The van der Waals surface area contributed by atoms with E-state index in [9.17, 15) is 5.02 Å². The van der Waals surface area contributed by atoms with Crippen LogP contribution in [0.25, 0.3) is 11.1 Å². The van der Waals surface area contributed by atoms with Crippen LogP contribution in [-0.2, 0) is 5.41 Å². The summed E-state index contributed by atoms with van der Waals surface area (Å²) in [5, 5.41) is 10.1. The van der Waals surface area contributed by atoms with Gasteiger partial charge in [0.25, 0.3) is 0 Å². The van der Waals surface area contributed by atoms with E-state index in [1.165, 1.54) is 16.7 Å². The largest absolute Gasteiger partial charge is 0.457 e. The van der Waals surface area contributed by atoms with Crippen molar-refractivity contribution in [1.29, 1.82) is 0 Å². The first kappa shape index (κ1) is 15.7. The van der Waals surface area contributed by atoms with Gasteiger partial charge in [0.1, 0.15) is 11.5 Å². The lowest BCUT2D eigenvalue weighted by molar-refractivity contribution is 0.436. The molecule has 1 N–H and O–H groups in total. The number of para-hydroxylation sites is 2. The van der Waals surface area contributed by atoms with Crippen molar-refractivity contribution in [2.45, 2.75) is 5.41 Å². The Morgan fingerprint density at radius 3 is 1.86 bits per heavy atom. The highest BCUT2D eigenvalue weighted by atomic mass is 16.5. The minimum Gasteiger partial charge on any atom is -0.457 e. The molecule has 2 nitrogen and oxygen atoms in total. The summed E-state index contributed by atoms with van der Waals surface area (Å²) in [5.41, 5.74) is 7.61. The third-order valence-corrected chi connectivity index (χ3v) is 6.13. The van der Waals surface area contributed by atoms with Crippen molar-refractivity contribution < 1.29 is 9.76 Å². The molecule has 0 saturated heterocycles. The molecular weight excluding hydrogens is 343 g/mol. The summed E-state index contributed by atoms with van der Waals surface area (Å²) in [4.78, 5) is 0. The Morgan fingerprint density at radius 2 is 1.18 bits per heavy atom. The van der Waals surface area contributed by atoms with E-state index < -0.39 is 5.41 Å². The van der Waals surface area contributed by atoms with Crippen LogP contribution in [0.3, 0.4) is 0 Å². The zero-order valence-electron chi connectivity index (χ0n) is 15.2. The Labute approximate surface area is 164 Å². The first-order valence-corrected chi connectivity index (χ1v) is 9.55. The van der Waals surface area contributed by atoms with E-state index in [0.29, 0.717) is 0 Å².